The minimum Gasteiger partial charge on any atom is -0.349 e. The zero-order chi connectivity index (χ0) is 16.2. The Morgan fingerprint density at radius 3 is 2.57 bits per heavy atom. The first-order chi connectivity index (χ1) is 9.65. The fraction of sp³-hybridized carbons (Fsp3) is 0.364. The normalized spacial score (nSPS) is 12.6. The summed E-state index contributed by atoms with van der Waals surface area (Å²) >= 11 is 0. The molecule has 0 aliphatic carbocycles. The van der Waals surface area contributed by atoms with E-state index in [-0.39, 0.29) is 11.3 Å². The molecule has 0 aliphatic heterocycles. The largest absolute Gasteiger partial charge is 0.391 e. The van der Waals surface area contributed by atoms with E-state index in [1.165, 1.54) is 19.1 Å². The Balaban J connectivity index is 2.98. The summed E-state index contributed by atoms with van der Waals surface area (Å²) in [5.41, 5.74) is 1.10. The molecule has 1 unspecified atom stereocenters. The van der Waals surface area contributed by atoms with Crippen LogP contribution in [0.5, 0.6) is 0 Å². The van der Waals surface area contributed by atoms with Gasteiger partial charge in [0.05, 0.1) is 16.9 Å². The number of carbonyl (C=O) groups excluding carboxylic acids is 1. The fourth-order valence-electron chi connectivity index (χ4n) is 1.73. The summed E-state index contributed by atoms with van der Waals surface area (Å²) in [5, 5.41) is 12.9. The average Bonchev–Trinajstić information content (AvgIpc) is 2.34. The Morgan fingerprint density at radius 1 is 1.48 bits per heavy atom. The van der Waals surface area contributed by atoms with Gasteiger partial charge in [-0.3, -0.25) is 20.8 Å². The summed E-state index contributed by atoms with van der Waals surface area (Å²) in [6, 6.07) is 2.40. The molecule has 0 aliphatic rings. The maximum absolute atomic E-state index is 12.2. The van der Waals surface area contributed by atoms with E-state index in [1.54, 1.807) is 0 Å². The molecule has 0 spiro atoms. The molecule has 0 bridgehead atoms. The third-order valence-corrected chi connectivity index (χ3v) is 2.54. The first kappa shape index (κ1) is 16.7. The van der Waals surface area contributed by atoms with Crippen molar-refractivity contribution in [1.82, 2.24) is 5.32 Å². The number of nitro groups is 1. The lowest BCUT2D eigenvalue weighted by Crippen LogP contribution is -2.36. The number of nitrogens with two attached hydrogens (primary N) is 1. The van der Waals surface area contributed by atoms with Gasteiger partial charge in [0.1, 0.15) is 5.69 Å². The van der Waals surface area contributed by atoms with E-state index in [2.05, 4.69) is 5.32 Å². The molecule has 0 fully saturated rings. The molecule has 10 heteroatoms. The number of anilines is 1. The van der Waals surface area contributed by atoms with Crippen LogP contribution in [-0.2, 0) is 0 Å². The van der Waals surface area contributed by atoms with Crippen LogP contribution in [0.3, 0.4) is 0 Å². The number of amides is 1. The summed E-state index contributed by atoms with van der Waals surface area (Å²) in [6.07, 6.45) is -5.64. The van der Waals surface area contributed by atoms with E-state index in [0.717, 1.165) is 6.07 Å². The van der Waals surface area contributed by atoms with Crippen LogP contribution in [0.1, 0.15) is 23.7 Å². The van der Waals surface area contributed by atoms with Crippen molar-refractivity contribution in [3.8, 4) is 0 Å². The van der Waals surface area contributed by atoms with Crippen molar-refractivity contribution >= 4 is 17.3 Å². The number of carbonyl (C=O) groups is 1. The highest BCUT2D eigenvalue weighted by molar-refractivity contribution is 6.01. The molecule has 1 aromatic rings. The number of hydrazine groups is 1. The molecule has 4 N–H and O–H groups in total. The molecule has 1 rings (SSSR count). The molecule has 0 radical (unpaired) electrons. The van der Waals surface area contributed by atoms with E-state index in [9.17, 15) is 28.1 Å². The van der Waals surface area contributed by atoms with Gasteiger partial charge in [0.25, 0.3) is 11.6 Å². The molecule has 21 heavy (non-hydrogen) atoms. The van der Waals surface area contributed by atoms with Crippen LogP contribution in [0, 0.1) is 10.1 Å². The monoisotopic (exact) mass is 306 g/mol. The van der Waals surface area contributed by atoms with Crippen LogP contribution in [0.2, 0.25) is 0 Å². The van der Waals surface area contributed by atoms with Gasteiger partial charge in [-0.25, -0.2) is 0 Å². The Kier molecular flexibility index (Phi) is 5.08. The molecule has 7 nitrogen and oxygen atoms in total. The first-order valence-electron chi connectivity index (χ1n) is 5.77. The second-order valence-electron chi connectivity index (χ2n) is 4.29. The van der Waals surface area contributed by atoms with Crippen molar-refractivity contribution in [2.75, 3.05) is 5.43 Å². The van der Waals surface area contributed by atoms with Crippen molar-refractivity contribution < 1.29 is 22.9 Å². The standard InChI is InChI=1S/C11H13F3N4O3/c1-6(5-11(12,13)14)16-10(19)7-3-2-4-8(18(20)21)9(7)17-15/h2-4,6,17H,5,15H2,1H3,(H,16,19). The molecule has 0 aromatic heterocycles. The van der Waals surface area contributed by atoms with Gasteiger partial charge in [0, 0.05) is 12.1 Å². The summed E-state index contributed by atoms with van der Waals surface area (Å²) < 4.78 is 36.6. The Morgan fingerprint density at radius 2 is 2.10 bits per heavy atom. The first-order valence-corrected chi connectivity index (χ1v) is 5.77. The zero-order valence-corrected chi connectivity index (χ0v) is 10.9. The van der Waals surface area contributed by atoms with Crippen LogP contribution >= 0.6 is 0 Å². The van der Waals surface area contributed by atoms with E-state index in [1.807, 2.05) is 5.43 Å². The Labute approximate surface area is 117 Å². The Hall–Kier alpha value is -2.36. The number of hydrogen-bond acceptors (Lipinski definition) is 5. The van der Waals surface area contributed by atoms with Crippen LogP contribution in [0.25, 0.3) is 0 Å². The van der Waals surface area contributed by atoms with Gasteiger partial charge >= 0.3 is 6.18 Å². The number of hydrogen-bond donors (Lipinski definition) is 3. The van der Waals surface area contributed by atoms with Crippen LogP contribution < -0.4 is 16.6 Å². The SMILES string of the molecule is CC(CC(F)(F)F)NC(=O)c1cccc([N+](=O)[O-])c1NN. The van der Waals surface area contributed by atoms with Gasteiger partial charge < -0.3 is 10.7 Å². The van der Waals surface area contributed by atoms with Gasteiger partial charge in [-0.2, -0.15) is 13.2 Å². The molecular weight excluding hydrogens is 293 g/mol. The van der Waals surface area contributed by atoms with Gasteiger partial charge in [-0.05, 0) is 13.0 Å². The third-order valence-electron chi connectivity index (χ3n) is 2.54. The van der Waals surface area contributed by atoms with Gasteiger partial charge in [-0.15, -0.1) is 0 Å². The molecule has 1 aromatic carbocycles. The van der Waals surface area contributed by atoms with Crippen LogP contribution in [0.4, 0.5) is 24.5 Å². The second-order valence-corrected chi connectivity index (χ2v) is 4.29. The lowest BCUT2D eigenvalue weighted by molar-refractivity contribution is -0.384. The number of para-hydroxylation sites is 1. The van der Waals surface area contributed by atoms with Crippen molar-refractivity contribution in [3.63, 3.8) is 0 Å². The molecular formula is C11H13F3N4O3. The fourth-order valence-corrected chi connectivity index (χ4v) is 1.73. The van der Waals surface area contributed by atoms with Crippen molar-refractivity contribution in [1.29, 1.82) is 0 Å². The maximum atomic E-state index is 12.2. The van der Waals surface area contributed by atoms with E-state index in [0.29, 0.717) is 0 Å². The summed E-state index contributed by atoms with van der Waals surface area (Å²) in [5.74, 6) is 4.26. The number of benzene rings is 1. The number of nitrogens with one attached hydrogen (secondary N) is 2. The Bertz CT molecular complexity index is 548. The minimum absolute atomic E-state index is 0.208. The summed E-state index contributed by atoms with van der Waals surface area (Å²) in [6.45, 7) is 1.18. The number of nitro benzene ring substituents is 1. The molecule has 0 saturated carbocycles. The highest BCUT2D eigenvalue weighted by atomic mass is 19.4. The summed E-state index contributed by atoms with van der Waals surface area (Å²) in [7, 11) is 0. The third kappa shape index (κ3) is 4.60. The average molecular weight is 306 g/mol. The van der Waals surface area contributed by atoms with Crippen molar-refractivity contribution in [3.05, 3.63) is 33.9 Å². The molecule has 0 heterocycles. The van der Waals surface area contributed by atoms with Crippen molar-refractivity contribution in [2.24, 2.45) is 5.84 Å². The topological polar surface area (TPSA) is 110 Å². The number of halogens is 3. The maximum Gasteiger partial charge on any atom is 0.391 e. The van der Waals surface area contributed by atoms with Gasteiger partial charge in [0.15, 0.2) is 0 Å². The molecule has 1 amide bonds. The highest BCUT2D eigenvalue weighted by Crippen LogP contribution is 2.27. The van der Waals surface area contributed by atoms with Gasteiger partial charge in [0.2, 0.25) is 0 Å². The van der Waals surface area contributed by atoms with Crippen LogP contribution in [-0.4, -0.2) is 23.0 Å². The van der Waals surface area contributed by atoms with Crippen LogP contribution in [0.15, 0.2) is 18.2 Å². The molecule has 0 saturated heterocycles. The lowest BCUT2D eigenvalue weighted by Gasteiger charge is -2.17. The zero-order valence-electron chi connectivity index (χ0n) is 10.9. The number of rotatable bonds is 5. The van der Waals surface area contributed by atoms with E-state index < -0.39 is 35.2 Å². The smallest absolute Gasteiger partial charge is 0.349 e. The predicted molar refractivity (Wildman–Crippen MR) is 68.5 cm³/mol. The number of alkyl halides is 3. The molecule has 116 valence electrons. The quantitative estimate of drug-likeness (QED) is 0.437. The second kappa shape index (κ2) is 6.39. The number of nitrogen functional groups attached to an aromatic ring is 1. The predicted octanol–water partition coefficient (Wildman–Crippen LogP) is 1.95. The van der Waals surface area contributed by atoms with Gasteiger partial charge in [-0.1, -0.05) is 6.07 Å². The van der Waals surface area contributed by atoms with E-state index >= 15 is 0 Å². The highest BCUT2D eigenvalue weighted by Gasteiger charge is 2.31. The summed E-state index contributed by atoms with van der Waals surface area (Å²) in [4.78, 5) is 21.9. The lowest BCUT2D eigenvalue weighted by atomic mass is 10.1. The van der Waals surface area contributed by atoms with Crippen molar-refractivity contribution in [2.45, 2.75) is 25.6 Å². The molecule has 1 atom stereocenters. The minimum atomic E-state index is -4.43. The number of nitrogens with zero attached hydrogens (tertiary/aromatic N) is 1. The van der Waals surface area contributed by atoms with E-state index in [4.69, 9.17) is 5.84 Å².